The molecule has 0 heterocycles. The molecular weight excluding hydrogens is 329 g/mol. The van der Waals surface area contributed by atoms with Crippen LogP contribution in [-0.4, -0.2) is 12.1 Å². The van der Waals surface area contributed by atoms with Crippen LogP contribution in [0.1, 0.15) is 47.8 Å². The maximum atomic E-state index is 12.9. The largest absolute Gasteiger partial charge is 0.417 e. The third-order valence-corrected chi connectivity index (χ3v) is 3.65. The van der Waals surface area contributed by atoms with Gasteiger partial charge in [-0.05, 0) is 29.2 Å². The van der Waals surface area contributed by atoms with E-state index in [1.165, 1.54) is 18.2 Å². The Morgan fingerprint density at radius 3 is 2.16 bits per heavy atom. The average molecular weight is 348 g/mol. The van der Waals surface area contributed by atoms with Crippen molar-refractivity contribution in [2.75, 3.05) is 0 Å². The fourth-order valence-electron chi connectivity index (χ4n) is 2.21. The molecular formula is C19H19F3N2O. The van der Waals surface area contributed by atoms with Crippen LogP contribution in [0.3, 0.4) is 0 Å². The molecule has 132 valence electrons. The van der Waals surface area contributed by atoms with E-state index >= 15 is 0 Å². The van der Waals surface area contributed by atoms with E-state index in [0.717, 1.165) is 17.8 Å². The molecule has 0 saturated heterocycles. The molecule has 2 aromatic rings. The number of benzene rings is 2. The Labute approximate surface area is 144 Å². The first kappa shape index (κ1) is 18.7. The predicted molar refractivity (Wildman–Crippen MR) is 91.6 cm³/mol. The number of carbonyl (C=O) groups is 1. The maximum absolute atomic E-state index is 12.9. The first-order valence-electron chi connectivity index (χ1n) is 7.69. The van der Waals surface area contributed by atoms with Gasteiger partial charge in [-0.2, -0.15) is 18.3 Å². The summed E-state index contributed by atoms with van der Waals surface area (Å²) >= 11 is 0. The van der Waals surface area contributed by atoms with E-state index in [9.17, 15) is 18.0 Å². The van der Waals surface area contributed by atoms with Crippen LogP contribution in [0.15, 0.2) is 53.6 Å². The van der Waals surface area contributed by atoms with Crippen LogP contribution >= 0.6 is 0 Å². The van der Waals surface area contributed by atoms with Gasteiger partial charge in [0.25, 0.3) is 5.91 Å². The van der Waals surface area contributed by atoms with Gasteiger partial charge in [-0.1, -0.05) is 51.1 Å². The minimum atomic E-state index is -4.48. The molecule has 0 unspecified atom stereocenters. The molecule has 2 rings (SSSR count). The highest BCUT2D eigenvalue weighted by Gasteiger charge is 2.32. The molecule has 0 aromatic heterocycles. The number of hydrogen-bond acceptors (Lipinski definition) is 2. The molecule has 25 heavy (non-hydrogen) atoms. The van der Waals surface area contributed by atoms with Crippen molar-refractivity contribution >= 4 is 12.1 Å². The lowest BCUT2D eigenvalue weighted by Gasteiger charge is -2.18. The van der Waals surface area contributed by atoms with Crippen molar-refractivity contribution in [3.05, 3.63) is 70.8 Å². The molecule has 1 N–H and O–H groups in total. The average Bonchev–Trinajstić information content (AvgIpc) is 2.53. The summed E-state index contributed by atoms with van der Waals surface area (Å²) in [7, 11) is 0. The van der Waals surface area contributed by atoms with Gasteiger partial charge in [0.15, 0.2) is 0 Å². The highest BCUT2D eigenvalue weighted by Crippen LogP contribution is 2.31. The summed E-state index contributed by atoms with van der Waals surface area (Å²) in [6.07, 6.45) is -3.49. The van der Waals surface area contributed by atoms with Crippen LogP contribution in [0.25, 0.3) is 0 Å². The van der Waals surface area contributed by atoms with Crippen LogP contribution in [-0.2, 0) is 11.6 Å². The van der Waals surface area contributed by atoms with E-state index in [-0.39, 0.29) is 11.0 Å². The monoisotopic (exact) mass is 348 g/mol. The molecule has 0 aliphatic heterocycles. The minimum Gasteiger partial charge on any atom is -0.267 e. The molecule has 2 aromatic carbocycles. The van der Waals surface area contributed by atoms with Gasteiger partial charge in [-0.3, -0.25) is 4.79 Å². The number of nitrogens with one attached hydrogen (secondary N) is 1. The lowest BCUT2D eigenvalue weighted by Crippen LogP contribution is -2.19. The van der Waals surface area contributed by atoms with Crippen molar-refractivity contribution in [3.63, 3.8) is 0 Å². The summed E-state index contributed by atoms with van der Waals surface area (Å²) in [4.78, 5) is 12.0. The zero-order chi connectivity index (χ0) is 18.7. The van der Waals surface area contributed by atoms with Gasteiger partial charge in [-0.25, -0.2) is 5.43 Å². The summed E-state index contributed by atoms with van der Waals surface area (Å²) in [6, 6.07) is 12.0. The fraction of sp³-hybridized carbons (Fsp3) is 0.263. The van der Waals surface area contributed by atoms with Crippen molar-refractivity contribution in [2.24, 2.45) is 5.10 Å². The lowest BCUT2D eigenvalue weighted by atomic mass is 9.87. The van der Waals surface area contributed by atoms with Gasteiger partial charge in [-0.15, -0.1) is 0 Å². The van der Waals surface area contributed by atoms with Crippen molar-refractivity contribution in [2.45, 2.75) is 32.4 Å². The molecule has 3 nitrogen and oxygen atoms in total. The number of alkyl halides is 3. The number of hydrogen-bond donors (Lipinski definition) is 1. The Kier molecular flexibility index (Phi) is 5.30. The Bertz CT molecular complexity index is 772. The SMILES string of the molecule is CC(C)(C)c1ccc(C(=O)N/N=C\c2ccccc2C(F)(F)F)cc1. The highest BCUT2D eigenvalue weighted by atomic mass is 19.4. The van der Waals surface area contributed by atoms with E-state index in [1.54, 1.807) is 12.1 Å². The third-order valence-electron chi connectivity index (χ3n) is 3.65. The van der Waals surface area contributed by atoms with Gasteiger partial charge in [0, 0.05) is 11.1 Å². The Morgan fingerprint density at radius 2 is 1.60 bits per heavy atom. The smallest absolute Gasteiger partial charge is 0.267 e. The number of rotatable bonds is 3. The summed E-state index contributed by atoms with van der Waals surface area (Å²) in [5.74, 6) is -0.485. The van der Waals surface area contributed by atoms with Gasteiger partial charge in [0.1, 0.15) is 0 Å². The number of hydrazone groups is 1. The van der Waals surface area contributed by atoms with Crippen LogP contribution in [0, 0.1) is 0 Å². The Morgan fingerprint density at radius 1 is 1.00 bits per heavy atom. The molecule has 0 aliphatic carbocycles. The second kappa shape index (κ2) is 7.09. The second-order valence-electron chi connectivity index (χ2n) is 6.61. The van der Waals surface area contributed by atoms with Crippen molar-refractivity contribution < 1.29 is 18.0 Å². The number of amides is 1. The van der Waals surface area contributed by atoms with E-state index in [0.29, 0.717) is 5.56 Å². The maximum Gasteiger partial charge on any atom is 0.417 e. The van der Waals surface area contributed by atoms with Gasteiger partial charge >= 0.3 is 6.18 Å². The molecule has 0 fully saturated rings. The fourth-order valence-corrected chi connectivity index (χ4v) is 2.21. The van der Waals surface area contributed by atoms with Gasteiger partial charge in [0.2, 0.25) is 0 Å². The van der Waals surface area contributed by atoms with Crippen LogP contribution in [0.4, 0.5) is 13.2 Å². The summed E-state index contributed by atoms with van der Waals surface area (Å²) in [5.41, 5.74) is 2.76. The Balaban J connectivity index is 2.09. The van der Waals surface area contributed by atoms with Crippen molar-refractivity contribution in [1.29, 1.82) is 0 Å². The van der Waals surface area contributed by atoms with Gasteiger partial charge in [0.05, 0.1) is 11.8 Å². The number of halogens is 3. The van der Waals surface area contributed by atoms with Crippen molar-refractivity contribution in [1.82, 2.24) is 5.43 Å². The molecule has 6 heteroatoms. The molecule has 0 radical (unpaired) electrons. The second-order valence-corrected chi connectivity index (χ2v) is 6.61. The number of nitrogens with zero attached hydrogens (tertiary/aromatic N) is 1. The lowest BCUT2D eigenvalue weighted by molar-refractivity contribution is -0.137. The molecule has 0 saturated carbocycles. The highest BCUT2D eigenvalue weighted by molar-refractivity contribution is 5.95. The van der Waals surface area contributed by atoms with Crippen molar-refractivity contribution in [3.8, 4) is 0 Å². The normalized spacial score (nSPS) is 12.4. The van der Waals surface area contributed by atoms with Crippen LogP contribution in [0.5, 0.6) is 0 Å². The molecule has 0 bridgehead atoms. The summed E-state index contributed by atoms with van der Waals surface area (Å²) in [6.45, 7) is 6.18. The van der Waals surface area contributed by atoms with Gasteiger partial charge < -0.3 is 0 Å². The van der Waals surface area contributed by atoms with E-state index in [1.807, 2.05) is 12.1 Å². The molecule has 1 amide bonds. The van der Waals surface area contributed by atoms with Crippen LogP contribution < -0.4 is 5.43 Å². The summed E-state index contributed by atoms with van der Waals surface area (Å²) in [5, 5.41) is 3.64. The van der Waals surface area contributed by atoms with Crippen LogP contribution in [0.2, 0.25) is 0 Å². The molecule has 0 spiro atoms. The van der Waals surface area contributed by atoms with E-state index < -0.39 is 17.6 Å². The Hall–Kier alpha value is -2.63. The first-order valence-corrected chi connectivity index (χ1v) is 7.69. The first-order chi connectivity index (χ1) is 11.6. The zero-order valence-corrected chi connectivity index (χ0v) is 14.2. The van der Waals surface area contributed by atoms with E-state index in [4.69, 9.17) is 0 Å². The minimum absolute atomic E-state index is 0.0333. The molecule has 0 atom stereocenters. The quantitative estimate of drug-likeness (QED) is 0.630. The topological polar surface area (TPSA) is 41.5 Å². The standard InChI is InChI=1S/C19H19F3N2O/c1-18(2,3)15-10-8-13(9-11-15)17(25)24-23-12-14-6-4-5-7-16(14)19(20,21)22/h4-12H,1-3H3,(H,24,25)/b23-12-. The molecule has 0 aliphatic rings. The predicted octanol–water partition coefficient (Wildman–Crippen LogP) is 4.77. The third kappa shape index (κ3) is 4.92. The van der Waals surface area contributed by atoms with E-state index in [2.05, 4.69) is 31.3 Å². The summed E-state index contributed by atoms with van der Waals surface area (Å²) < 4.78 is 38.7. The number of carbonyl (C=O) groups excluding carboxylic acids is 1. The zero-order valence-electron chi connectivity index (χ0n) is 14.2.